The highest BCUT2D eigenvalue weighted by atomic mass is 35.5. The third-order valence-corrected chi connectivity index (χ3v) is 5.14. The van der Waals surface area contributed by atoms with Gasteiger partial charge in [-0.3, -0.25) is 4.90 Å². The molecule has 0 bridgehead atoms. The monoisotopic (exact) mass is 353 g/mol. The zero-order chi connectivity index (χ0) is 17.1. The highest BCUT2D eigenvalue weighted by Gasteiger charge is 2.31. The molecule has 0 unspecified atom stereocenters. The first-order chi connectivity index (χ1) is 11.6. The van der Waals surface area contributed by atoms with Crippen LogP contribution in [0.5, 0.6) is 11.5 Å². The van der Waals surface area contributed by atoms with E-state index in [1.165, 1.54) is 19.3 Å². The Bertz CT molecular complexity index is 611. The van der Waals surface area contributed by atoms with Crippen LogP contribution in [-0.2, 0) is 0 Å². The van der Waals surface area contributed by atoms with Gasteiger partial charge in [0.1, 0.15) is 11.5 Å². The van der Waals surface area contributed by atoms with Crippen LogP contribution in [0.15, 0.2) is 12.1 Å². The topological polar surface area (TPSA) is 54.0 Å². The molecule has 1 aromatic carbocycles. The summed E-state index contributed by atoms with van der Waals surface area (Å²) in [5.41, 5.74) is 0.555. The van der Waals surface area contributed by atoms with E-state index in [1.54, 1.807) is 26.4 Å². The van der Waals surface area contributed by atoms with Crippen molar-refractivity contribution in [1.29, 1.82) is 0 Å². The van der Waals surface area contributed by atoms with Crippen molar-refractivity contribution in [3.05, 3.63) is 17.2 Å². The van der Waals surface area contributed by atoms with Crippen molar-refractivity contribution in [3.63, 3.8) is 0 Å². The number of rotatable bonds is 3. The lowest BCUT2D eigenvalue weighted by Gasteiger charge is -2.43. The summed E-state index contributed by atoms with van der Waals surface area (Å²) in [5, 5.41) is 3.36. The molecule has 1 aromatic rings. The SMILES string of the molecule is COc1cc(OC)c(NC(=O)N2CCN3CCCC[C@@H]3C2)cc1Cl. The molecular weight excluding hydrogens is 330 g/mol. The molecule has 3 rings (SSSR count). The number of ether oxygens (including phenoxy) is 2. The summed E-state index contributed by atoms with van der Waals surface area (Å²) >= 11 is 6.17. The number of urea groups is 1. The number of amides is 2. The number of carbonyl (C=O) groups excluding carboxylic acids is 1. The summed E-state index contributed by atoms with van der Waals surface area (Å²) in [5.74, 6) is 1.04. The predicted octanol–water partition coefficient (Wildman–Crippen LogP) is 3.06. The van der Waals surface area contributed by atoms with Crippen molar-refractivity contribution in [1.82, 2.24) is 9.80 Å². The largest absolute Gasteiger partial charge is 0.495 e. The van der Waals surface area contributed by atoms with Gasteiger partial charge in [-0.05, 0) is 25.5 Å². The van der Waals surface area contributed by atoms with Crippen molar-refractivity contribution in [2.24, 2.45) is 0 Å². The second-order valence-electron chi connectivity index (χ2n) is 6.25. The molecule has 0 aliphatic carbocycles. The molecule has 1 atom stereocenters. The van der Waals surface area contributed by atoms with Gasteiger partial charge >= 0.3 is 6.03 Å². The molecule has 24 heavy (non-hydrogen) atoms. The van der Waals surface area contributed by atoms with E-state index in [1.807, 2.05) is 4.90 Å². The van der Waals surface area contributed by atoms with Gasteiger partial charge in [-0.25, -0.2) is 4.79 Å². The molecule has 2 amide bonds. The number of nitrogens with one attached hydrogen (secondary N) is 1. The average molecular weight is 354 g/mol. The van der Waals surface area contributed by atoms with Crippen LogP contribution in [-0.4, -0.2) is 62.3 Å². The molecule has 0 spiro atoms. The van der Waals surface area contributed by atoms with Crippen LogP contribution in [0.4, 0.5) is 10.5 Å². The number of hydrogen-bond donors (Lipinski definition) is 1. The number of halogens is 1. The first-order valence-corrected chi connectivity index (χ1v) is 8.71. The summed E-state index contributed by atoms with van der Waals surface area (Å²) < 4.78 is 10.5. The third-order valence-electron chi connectivity index (χ3n) is 4.84. The van der Waals surface area contributed by atoms with Crippen molar-refractivity contribution >= 4 is 23.3 Å². The lowest BCUT2D eigenvalue weighted by molar-refractivity contribution is 0.0678. The number of nitrogens with zero attached hydrogens (tertiary/aromatic N) is 2. The van der Waals surface area contributed by atoms with E-state index in [9.17, 15) is 4.79 Å². The summed E-state index contributed by atoms with van der Waals surface area (Å²) in [7, 11) is 3.10. The molecule has 2 aliphatic heterocycles. The highest BCUT2D eigenvalue weighted by Crippen LogP contribution is 2.36. The van der Waals surface area contributed by atoms with Crippen LogP contribution in [0, 0.1) is 0 Å². The minimum Gasteiger partial charge on any atom is -0.495 e. The number of methoxy groups -OCH3 is 2. The number of benzene rings is 1. The van der Waals surface area contributed by atoms with E-state index in [2.05, 4.69) is 10.2 Å². The Balaban J connectivity index is 1.69. The Kier molecular flexibility index (Phi) is 5.36. The highest BCUT2D eigenvalue weighted by molar-refractivity contribution is 6.32. The van der Waals surface area contributed by atoms with Gasteiger partial charge in [0.05, 0.1) is 24.9 Å². The number of fused-ring (bicyclic) bond motifs is 1. The summed E-state index contributed by atoms with van der Waals surface area (Å²) in [4.78, 5) is 17.0. The first kappa shape index (κ1) is 17.2. The Morgan fingerprint density at radius 2 is 1.96 bits per heavy atom. The molecule has 0 saturated carbocycles. The van der Waals surface area contributed by atoms with Crippen molar-refractivity contribution in [3.8, 4) is 11.5 Å². The van der Waals surface area contributed by atoms with Crippen molar-refractivity contribution in [2.75, 3.05) is 45.7 Å². The number of carbonyl (C=O) groups is 1. The Morgan fingerprint density at radius 1 is 1.17 bits per heavy atom. The van der Waals surface area contributed by atoms with Crippen LogP contribution in [0.25, 0.3) is 0 Å². The maximum Gasteiger partial charge on any atom is 0.322 e. The van der Waals surface area contributed by atoms with Crippen LogP contribution < -0.4 is 14.8 Å². The van der Waals surface area contributed by atoms with Crippen LogP contribution in [0.1, 0.15) is 19.3 Å². The third kappa shape index (κ3) is 3.54. The van der Waals surface area contributed by atoms with Crippen LogP contribution >= 0.6 is 11.6 Å². The molecule has 2 saturated heterocycles. The Hall–Kier alpha value is -1.66. The molecular formula is C17H24ClN3O3. The lowest BCUT2D eigenvalue weighted by atomic mass is 10.00. The zero-order valence-electron chi connectivity index (χ0n) is 14.2. The van der Waals surface area contributed by atoms with Crippen molar-refractivity contribution < 1.29 is 14.3 Å². The minimum atomic E-state index is -0.111. The van der Waals surface area contributed by atoms with Gasteiger partial charge in [0.15, 0.2) is 0 Å². The molecule has 1 N–H and O–H groups in total. The molecule has 132 valence electrons. The molecule has 7 heteroatoms. The van der Waals surface area contributed by atoms with Gasteiger partial charge in [-0.1, -0.05) is 18.0 Å². The van der Waals surface area contributed by atoms with Gasteiger partial charge in [0, 0.05) is 31.7 Å². The van der Waals surface area contributed by atoms with E-state index in [0.717, 1.165) is 26.2 Å². The Morgan fingerprint density at radius 3 is 2.71 bits per heavy atom. The van der Waals surface area contributed by atoms with Gasteiger partial charge in [-0.2, -0.15) is 0 Å². The average Bonchev–Trinajstić information content (AvgIpc) is 2.61. The molecule has 0 radical (unpaired) electrons. The summed E-state index contributed by atoms with van der Waals surface area (Å²) in [6, 6.07) is 3.71. The van der Waals surface area contributed by atoms with Gasteiger partial charge in [0.25, 0.3) is 0 Å². The predicted molar refractivity (Wildman–Crippen MR) is 94.4 cm³/mol. The van der Waals surface area contributed by atoms with Gasteiger partial charge in [-0.15, -0.1) is 0 Å². The lowest BCUT2D eigenvalue weighted by Crippen LogP contribution is -2.56. The molecule has 2 heterocycles. The van der Waals surface area contributed by atoms with E-state index in [4.69, 9.17) is 21.1 Å². The number of piperidine rings is 1. The molecule has 6 nitrogen and oxygen atoms in total. The second-order valence-corrected chi connectivity index (χ2v) is 6.66. The summed E-state index contributed by atoms with van der Waals surface area (Å²) in [6.45, 7) is 3.62. The maximum atomic E-state index is 12.6. The molecule has 2 aliphatic rings. The number of hydrogen-bond acceptors (Lipinski definition) is 4. The van der Waals surface area contributed by atoms with Gasteiger partial charge < -0.3 is 19.7 Å². The van der Waals surface area contributed by atoms with Crippen molar-refractivity contribution in [2.45, 2.75) is 25.3 Å². The van der Waals surface area contributed by atoms with E-state index >= 15 is 0 Å². The standard InChI is InChI=1S/C17H24ClN3O3/c1-23-15-10-16(24-2)14(9-13(15)18)19-17(22)21-8-7-20-6-4-3-5-12(20)11-21/h9-10,12H,3-8,11H2,1-2H3,(H,19,22)/t12-/m1/s1. The normalized spacial score (nSPS) is 21.1. The Labute approximate surface area is 147 Å². The van der Waals surface area contributed by atoms with E-state index < -0.39 is 0 Å². The fourth-order valence-electron chi connectivity index (χ4n) is 3.49. The first-order valence-electron chi connectivity index (χ1n) is 8.34. The molecule has 2 fully saturated rings. The number of piperazine rings is 1. The van der Waals surface area contributed by atoms with Crippen LogP contribution in [0.2, 0.25) is 5.02 Å². The smallest absolute Gasteiger partial charge is 0.322 e. The molecule has 0 aromatic heterocycles. The summed E-state index contributed by atoms with van der Waals surface area (Å²) in [6.07, 6.45) is 3.68. The van der Waals surface area contributed by atoms with E-state index in [0.29, 0.717) is 28.3 Å². The number of anilines is 1. The fourth-order valence-corrected chi connectivity index (χ4v) is 3.73. The quantitative estimate of drug-likeness (QED) is 0.907. The minimum absolute atomic E-state index is 0.111. The van der Waals surface area contributed by atoms with Crippen LogP contribution in [0.3, 0.4) is 0 Å². The second kappa shape index (κ2) is 7.49. The zero-order valence-corrected chi connectivity index (χ0v) is 14.9. The fraction of sp³-hybridized carbons (Fsp3) is 0.588. The van der Waals surface area contributed by atoms with Gasteiger partial charge in [0.2, 0.25) is 0 Å². The van der Waals surface area contributed by atoms with E-state index in [-0.39, 0.29) is 6.03 Å². The maximum absolute atomic E-state index is 12.6.